The summed E-state index contributed by atoms with van der Waals surface area (Å²) in [6.45, 7) is 2.68. The third-order valence-electron chi connectivity index (χ3n) is 3.88. The minimum atomic E-state index is -0.496. The number of primary amides is 1. The fraction of sp³-hybridized carbons (Fsp3) is 0.900. The molecule has 1 atom stereocenters. The maximum atomic E-state index is 11.1. The Labute approximate surface area is 89.8 Å². The molecule has 1 amide bonds. The van der Waals surface area contributed by atoms with E-state index < -0.39 is 11.9 Å². The topological polar surface area (TPSA) is 69.8 Å². The third-order valence-corrected chi connectivity index (χ3v) is 3.88. The first kappa shape index (κ1) is 10.9. The van der Waals surface area contributed by atoms with E-state index in [4.69, 9.17) is 10.8 Å². The van der Waals surface area contributed by atoms with Gasteiger partial charge in [-0.1, -0.05) is 0 Å². The lowest BCUT2D eigenvalue weighted by Crippen LogP contribution is -2.71. The van der Waals surface area contributed by atoms with Crippen LogP contribution in [0.5, 0.6) is 0 Å². The van der Waals surface area contributed by atoms with Gasteiger partial charge in [0.05, 0.1) is 6.61 Å². The van der Waals surface area contributed by atoms with Gasteiger partial charge in [-0.25, -0.2) is 0 Å². The lowest BCUT2D eigenvalue weighted by atomic mass is 9.85. The molecule has 0 aromatic carbocycles. The lowest BCUT2D eigenvalue weighted by Gasteiger charge is -2.53. The minimum absolute atomic E-state index is 0.172. The summed E-state index contributed by atoms with van der Waals surface area (Å²) in [5.74, 6) is -0.423. The highest BCUT2D eigenvalue weighted by molar-refractivity contribution is 5.80. The number of likely N-dealkylation sites (N-methyl/N-ethyl adjacent to an activating group) is 1. The smallest absolute Gasteiger partial charge is 0.237 e. The molecule has 3 N–H and O–H groups in total. The van der Waals surface area contributed by atoms with E-state index in [0.29, 0.717) is 0 Å². The molecular formula is C10H19N3O2. The Morgan fingerprint density at radius 1 is 1.60 bits per heavy atom. The van der Waals surface area contributed by atoms with Crippen molar-refractivity contribution in [3.05, 3.63) is 0 Å². The zero-order valence-electron chi connectivity index (χ0n) is 9.15. The Balaban J connectivity index is 1.94. The molecule has 2 aliphatic heterocycles. The van der Waals surface area contributed by atoms with Crippen LogP contribution >= 0.6 is 0 Å². The number of likely N-dealkylation sites (tertiary alicyclic amines) is 2. The zero-order valence-corrected chi connectivity index (χ0v) is 9.15. The number of hydrogen-bond acceptors (Lipinski definition) is 4. The first-order chi connectivity index (χ1) is 7.09. The van der Waals surface area contributed by atoms with Gasteiger partial charge < -0.3 is 10.8 Å². The number of aliphatic hydroxyl groups is 1. The van der Waals surface area contributed by atoms with Gasteiger partial charge >= 0.3 is 0 Å². The van der Waals surface area contributed by atoms with Crippen molar-refractivity contribution in [2.45, 2.75) is 24.4 Å². The van der Waals surface area contributed by atoms with Crippen LogP contribution in [0.15, 0.2) is 0 Å². The molecule has 1 unspecified atom stereocenters. The van der Waals surface area contributed by atoms with E-state index in [-0.39, 0.29) is 12.1 Å². The fourth-order valence-corrected chi connectivity index (χ4v) is 2.79. The van der Waals surface area contributed by atoms with Gasteiger partial charge in [0.1, 0.15) is 6.04 Å². The number of carbonyl (C=O) groups is 1. The van der Waals surface area contributed by atoms with Crippen LogP contribution in [-0.4, -0.2) is 65.7 Å². The van der Waals surface area contributed by atoms with Gasteiger partial charge in [0.2, 0.25) is 5.91 Å². The summed E-state index contributed by atoms with van der Waals surface area (Å²) in [6.07, 6.45) is 2.42. The van der Waals surface area contributed by atoms with Gasteiger partial charge in [-0.3, -0.25) is 14.6 Å². The molecule has 2 heterocycles. The molecule has 2 aliphatic rings. The average molecular weight is 213 g/mol. The highest BCUT2D eigenvalue weighted by atomic mass is 16.3. The summed E-state index contributed by atoms with van der Waals surface area (Å²) in [5, 5.41) is 9.07. The largest absolute Gasteiger partial charge is 0.394 e. The summed E-state index contributed by atoms with van der Waals surface area (Å²) in [4.78, 5) is 15.4. The van der Waals surface area contributed by atoms with Gasteiger partial charge in [0, 0.05) is 18.6 Å². The molecule has 0 radical (unpaired) electrons. The van der Waals surface area contributed by atoms with E-state index in [1.54, 1.807) is 0 Å². The van der Waals surface area contributed by atoms with E-state index in [9.17, 15) is 4.79 Å². The second-order valence-corrected chi connectivity index (χ2v) is 4.76. The Morgan fingerprint density at radius 2 is 2.27 bits per heavy atom. The predicted molar refractivity (Wildman–Crippen MR) is 56.2 cm³/mol. The van der Waals surface area contributed by atoms with Crippen molar-refractivity contribution in [1.29, 1.82) is 0 Å². The van der Waals surface area contributed by atoms with Crippen molar-refractivity contribution in [2.24, 2.45) is 5.73 Å². The average Bonchev–Trinajstić information content (AvgIpc) is 2.47. The van der Waals surface area contributed by atoms with Crippen LogP contribution in [0, 0.1) is 0 Å². The molecule has 15 heavy (non-hydrogen) atoms. The quantitative estimate of drug-likeness (QED) is 0.606. The van der Waals surface area contributed by atoms with Crippen molar-refractivity contribution in [1.82, 2.24) is 9.80 Å². The molecule has 2 saturated heterocycles. The van der Waals surface area contributed by atoms with Crippen molar-refractivity contribution in [3.8, 4) is 0 Å². The fourth-order valence-electron chi connectivity index (χ4n) is 2.79. The molecule has 0 aromatic rings. The maximum Gasteiger partial charge on any atom is 0.237 e. The normalized spacial score (nSPS) is 27.9. The first-order valence-corrected chi connectivity index (χ1v) is 5.44. The highest BCUT2D eigenvalue weighted by Crippen LogP contribution is 2.37. The third kappa shape index (κ3) is 1.64. The Hall–Kier alpha value is -0.650. The number of carbonyl (C=O) groups excluding carboxylic acids is 1. The lowest BCUT2D eigenvalue weighted by molar-refractivity contribution is -0.132. The zero-order chi connectivity index (χ0) is 11.1. The maximum absolute atomic E-state index is 11.1. The molecule has 2 rings (SSSR count). The second-order valence-electron chi connectivity index (χ2n) is 4.76. The number of amides is 1. The van der Waals surface area contributed by atoms with Crippen LogP contribution < -0.4 is 5.73 Å². The van der Waals surface area contributed by atoms with Crippen molar-refractivity contribution < 1.29 is 9.90 Å². The summed E-state index contributed by atoms with van der Waals surface area (Å²) in [5.41, 5.74) is 5.48. The van der Waals surface area contributed by atoms with E-state index >= 15 is 0 Å². The van der Waals surface area contributed by atoms with Gasteiger partial charge in [0.25, 0.3) is 0 Å². The number of aliphatic hydroxyl groups excluding tert-OH is 1. The molecule has 0 bridgehead atoms. The summed E-state index contributed by atoms with van der Waals surface area (Å²) < 4.78 is 0. The molecule has 5 heteroatoms. The Morgan fingerprint density at radius 3 is 2.67 bits per heavy atom. The van der Waals surface area contributed by atoms with Crippen LogP contribution in [0.1, 0.15) is 12.8 Å². The van der Waals surface area contributed by atoms with Crippen molar-refractivity contribution in [3.63, 3.8) is 0 Å². The second kappa shape index (κ2) is 3.73. The van der Waals surface area contributed by atoms with E-state index in [2.05, 4.69) is 11.9 Å². The standard InChI is InChI=1S/C10H19N3O2/c1-12-4-2-3-10(12)6-13(7-10)8(5-14)9(11)15/h8,14H,2-7H2,1H3,(H2,11,15). The molecule has 5 nitrogen and oxygen atoms in total. The first-order valence-electron chi connectivity index (χ1n) is 5.44. The SMILES string of the molecule is CN1CCCC12CN(C(CO)C(N)=O)C2. The van der Waals surface area contributed by atoms with Gasteiger partial charge in [-0.15, -0.1) is 0 Å². The Bertz CT molecular complexity index is 263. The monoisotopic (exact) mass is 213 g/mol. The minimum Gasteiger partial charge on any atom is -0.394 e. The van der Waals surface area contributed by atoms with E-state index in [1.165, 1.54) is 12.8 Å². The molecule has 1 spiro atoms. The number of nitrogens with two attached hydrogens (primary N) is 1. The summed E-state index contributed by atoms with van der Waals surface area (Å²) in [6, 6.07) is -0.496. The van der Waals surface area contributed by atoms with Gasteiger partial charge in [0.15, 0.2) is 0 Å². The molecule has 0 aromatic heterocycles. The van der Waals surface area contributed by atoms with Crippen LogP contribution in [-0.2, 0) is 4.79 Å². The summed E-state index contributed by atoms with van der Waals surface area (Å²) >= 11 is 0. The van der Waals surface area contributed by atoms with Crippen LogP contribution in [0.25, 0.3) is 0 Å². The van der Waals surface area contributed by atoms with E-state index in [1.807, 2.05) is 4.90 Å². The van der Waals surface area contributed by atoms with Gasteiger partial charge in [-0.2, -0.15) is 0 Å². The Kier molecular flexibility index (Phi) is 2.70. The van der Waals surface area contributed by atoms with Crippen LogP contribution in [0.3, 0.4) is 0 Å². The van der Waals surface area contributed by atoms with Crippen molar-refractivity contribution >= 4 is 5.91 Å². The van der Waals surface area contributed by atoms with Crippen LogP contribution in [0.2, 0.25) is 0 Å². The number of rotatable bonds is 3. The van der Waals surface area contributed by atoms with Crippen molar-refractivity contribution in [2.75, 3.05) is 33.3 Å². The molecule has 2 fully saturated rings. The van der Waals surface area contributed by atoms with Gasteiger partial charge in [-0.05, 0) is 26.4 Å². The van der Waals surface area contributed by atoms with E-state index in [0.717, 1.165) is 19.6 Å². The molecule has 0 aliphatic carbocycles. The molecule has 0 saturated carbocycles. The highest BCUT2D eigenvalue weighted by Gasteiger charge is 2.50. The summed E-state index contributed by atoms with van der Waals surface area (Å²) in [7, 11) is 2.13. The van der Waals surface area contributed by atoms with Crippen LogP contribution in [0.4, 0.5) is 0 Å². The predicted octanol–water partition coefficient (Wildman–Crippen LogP) is -1.39. The number of nitrogens with zero attached hydrogens (tertiary/aromatic N) is 2. The number of hydrogen-bond donors (Lipinski definition) is 2. The molecular weight excluding hydrogens is 194 g/mol. The molecule has 86 valence electrons.